The smallest absolute Gasteiger partial charge is 0.110 e. The molecular weight excluding hydrogens is 164 g/mol. The lowest BCUT2D eigenvalue weighted by Gasteiger charge is -2.25. The van der Waals surface area contributed by atoms with Gasteiger partial charge in [0.15, 0.2) is 0 Å². The molecule has 0 aliphatic heterocycles. The van der Waals surface area contributed by atoms with Crippen molar-refractivity contribution in [1.29, 1.82) is 0 Å². The van der Waals surface area contributed by atoms with Crippen LogP contribution in [0.2, 0.25) is 0 Å². The Hall–Kier alpha value is -0.240. The summed E-state index contributed by atoms with van der Waals surface area (Å²) in [4.78, 5) is 0. The summed E-state index contributed by atoms with van der Waals surface area (Å²) in [6.07, 6.45) is -4.18. The number of hydrogen-bond acceptors (Lipinski definition) is 6. The van der Waals surface area contributed by atoms with Crippen LogP contribution in [0, 0.1) is 0 Å². The van der Waals surface area contributed by atoms with Crippen LogP contribution in [0.15, 0.2) is 0 Å². The minimum Gasteiger partial charge on any atom is -0.394 e. The Morgan fingerprint density at radius 3 is 1.92 bits per heavy atom. The van der Waals surface area contributed by atoms with Crippen LogP contribution in [0.3, 0.4) is 0 Å². The minimum absolute atomic E-state index is 0.00360. The van der Waals surface area contributed by atoms with E-state index in [1.807, 2.05) is 0 Å². The average molecular weight is 180 g/mol. The number of hydrogen-bond donors (Lipinski definition) is 6. The van der Waals surface area contributed by atoms with Gasteiger partial charge in [0, 0.05) is 12.6 Å². The highest BCUT2D eigenvalue weighted by atomic mass is 16.4. The van der Waals surface area contributed by atoms with Gasteiger partial charge >= 0.3 is 0 Å². The van der Waals surface area contributed by atoms with E-state index in [1.54, 1.807) is 0 Å². The summed E-state index contributed by atoms with van der Waals surface area (Å²) >= 11 is 0. The Labute approximate surface area is 70.4 Å². The fourth-order valence-electron chi connectivity index (χ4n) is 0.728. The van der Waals surface area contributed by atoms with Crippen molar-refractivity contribution in [2.45, 2.75) is 24.4 Å². The highest BCUT2D eigenvalue weighted by Crippen LogP contribution is 2.02. The second-order valence-corrected chi connectivity index (χ2v) is 2.63. The van der Waals surface area contributed by atoms with Crippen molar-refractivity contribution in [2.75, 3.05) is 13.2 Å². The molecule has 4 atom stereocenters. The largest absolute Gasteiger partial charge is 0.394 e. The predicted octanol–water partition coefficient (Wildman–Crippen LogP) is -3.65. The Morgan fingerprint density at radius 1 is 1.08 bits per heavy atom. The standard InChI is InChI=1S/C6H16N2O4/c7-1-3(8)5(11)6(12)4(10)2-9/h3-6,9-12H,1-2,7-8H2. The summed E-state index contributed by atoms with van der Waals surface area (Å²) in [5, 5.41) is 35.6. The molecule has 0 aromatic rings. The highest BCUT2D eigenvalue weighted by molar-refractivity contribution is 4.83. The molecule has 0 saturated heterocycles. The third kappa shape index (κ3) is 3.02. The fraction of sp³-hybridized carbons (Fsp3) is 1.00. The number of aliphatic hydroxyl groups excluding tert-OH is 4. The minimum atomic E-state index is -1.46. The number of aliphatic hydroxyl groups is 4. The van der Waals surface area contributed by atoms with Crippen molar-refractivity contribution in [2.24, 2.45) is 11.5 Å². The third-order valence-corrected chi connectivity index (χ3v) is 1.64. The van der Waals surface area contributed by atoms with Gasteiger partial charge in [-0.3, -0.25) is 0 Å². The molecule has 8 N–H and O–H groups in total. The predicted molar refractivity (Wildman–Crippen MR) is 42.1 cm³/mol. The maximum Gasteiger partial charge on any atom is 0.110 e. The van der Waals surface area contributed by atoms with E-state index in [1.165, 1.54) is 0 Å². The second kappa shape index (κ2) is 5.41. The van der Waals surface area contributed by atoms with Crippen molar-refractivity contribution < 1.29 is 20.4 Å². The molecule has 6 nitrogen and oxygen atoms in total. The Balaban J connectivity index is 3.99. The maximum absolute atomic E-state index is 9.16. The molecule has 0 spiro atoms. The Bertz CT molecular complexity index is 110. The molecule has 4 unspecified atom stereocenters. The first-order valence-corrected chi connectivity index (χ1v) is 3.65. The summed E-state index contributed by atoms with van der Waals surface area (Å²) in [5.41, 5.74) is 10.4. The summed E-state index contributed by atoms with van der Waals surface area (Å²) in [5.74, 6) is 0. The van der Waals surface area contributed by atoms with Gasteiger partial charge in [0.05, 0.1) is 12.7 Å². The molecule has 0 heterocycles. The first kappa shape index (κ1) is 11.8. The van der Waals surface area contributed by atoms with Crippen LogP contribution in [0.25, 0.3) is 0 Å². The lowest BCUT2D eigenvalue weighted by atomic mass is 10.0. The first-order chi connectivity index (χ1) is 5.54. The highest BCUT2D eigenvalue weighted by Gasteiger charge is 2.27. The molecule has 0 aliphatic carbocycles. The van der Waals surface area contributed by atoms with Gasteiger partial charge in [0.1, 0.15) is 12.2 Å². The normalized spacial score (nSPS) is 21.5. The topological polar surface area (TPSA) is 133 Å². The molecule has 6 heteroatoms. The fourth-order valence-corrected chi connectivity index (χ4v) is 0.728. The van der Waals surface area contributed by atoms with Crippen LogP contribution in [0.1, 0.15) is 0 Å². The van der Waals surface area contributed by atoms with Crippen LogP contribution in [-0.2, 0) is 0 Å². The molecule has 0 rings (SSSR count). The van der Waals surface area contributed by atoms with E-state index in [0.29, 0.717) is 0 Å². The van der Waals surface area contributed by atoms with E-state index in [2.05, 4.69) is 0 Å². The zero-order valence-corrected chi connectivity index (χ0v) is 6.67. The summed E-state index contributed by atoms with van der Waals surface area (Å²) < 4.78 is 0. The molecule has 0 aromatic heterocycles. The van der Waals surface area contributed by atoms with E-state index in [-0.39, 0.29) is 6.54 Å². The molecule has 0 aromatic carbocycles. The van der Waals surface area contributed by atoms with Crippen molar-refractivity contribution in [3.63, 3.8) is 0 Å². The van der Waals surface area contributed by atoms with E-state index in [0.717, 1.165) is 0 Å². The molecule has 0 fully saturated rings. The van der Waals surface area contributed by atoms with Crippen molar-refractivity contribution in [3.05, 3.63) is 0 Å². The van der Waals surface area contributed by atoms with Gasteiger partial charge in [-0.25, -0.2) is 0 Å². The van der Waals surface area contributed by atoms with Gasteiger partial charge in [-0.1, -0.05) is 0 Å². The molecule has 0 radical (unpaired) electrons. The van der Waals surface area contributed by atoms with Crippen LogP contribution in [0.4, 0.5) is 0 Å². The lowest BCUT2D eigenvalue weighted by Crippen LogP contribution is -2.52. The van der Waals surface area contributed by atoms with Gasteiger partial charge in [0.25, 0.3) is 0 Å². The lowest BCUT2D eigenvalue weighted by molar-refractivity contribution is -0.0823. The third-order valence-electron chi connectivity index (χ3n) is 1.64. The van der Waals surface area contributed by atoms with Crippen LogP contribution in [0.5, 0.6) is 0 Å². The monoisotopic (exact) mass is 180 g/mol. The SMILES string of the molecule is NCC(N)C(O)C(O)C(O)CO. The molecule has 0 amide bonds. The zero-order valence-electron chi connectivity index (χ0n) is 6.67. The van der Waals surface area contributed by atoms with Gasteiger partial charge in [-0.2, -0.15) is 0 Å². The first-order valence-electron chi connectivity index (χ1n) is 3.65. The Kier molecular flexibility index (Phi) is 5.31. The molecule has 0 saturated carbocycles. The van der Waals surface area contributed by atoms with Gasteiger partial charge in [-0.15, -0.1) is 0 Å². The molecule has 0 aliphatic rings. The van der Waals surface area contributed by atoms with E-state index >= 15 is 0 Å². The van der Waals surface area contributed by atoms with E-state index < -0.39 is 31.0 Å². The number of rotatable bonds is 5. The Morgan fingerprint density at radius 2 is 1.58 bits per heavy atom. The van der Waals surface area contributed by atoms with Crippen molar-refractivity contribution in [1.82, 2.24) is 0 Å². The van der Waals surface area contributed by atoms with Gasteiger partial charge in [-0.05, 0) is 0 Å². The molecule has 74 valence electrons. The van der Waals surface area contributed by atoms with Gasteiger partial charge < -0.3 is 31.9 Å². The van der Waals surface area contributed by atoms with E-state index in [4.69, 9.17) is 31.9 Å². The average Bonchev–Trinajstić information content (AvgIpc) is 2.12. The van der Waals surface area contributed by atoms with Crippen LogP contribution >= 0.6 is 0 Å². The number of nitrogens with two attached hydrogens (primary N) is 2. The maximum atomic E-state index is 9.16. The molecule has 0 bridgehead atoms. The molecule has 12 heavy (non-hydrogen) atoms. The van der Waals surface area contributed by atoms with Crippen LogP contribution < -0.4 is 11.5 Å². The molecular formula is C6H16N2O4. The van der Waals surface area contributed by atoms with Crippen molar-refractivity contribution >= 4 is 0 Å². The summed E-state index contributed by atoms with van der Waals surface area (Å²) in [6.45, 7) is -0.633. The van der Waals surface area contributed by atoms with E-state index in [9.17, 15) is 0 Å². The van der Waals surface area contributed by atoms with Gasteiger partial charge in [0.2, 0.25) is 0 Å². The summed E-state index contributed by atoms with van der Waals surface area (Å²) in [7, 11) is 0. The van der Waals surface area contributed by atoms with Crippen molar-refractivity contribution in [3.8, 4) is 0 Å². The quantitative estimate of drug-likeness (QED) is 0.258. The van der Waals surface area contributed by atoms with Crippen LogP contribution in [-0.4, -0.2) is 57.9 Å². The zero-order chi connectivity index (χ0) is 9.72. The summed E-state index contributed by atoms with van der Waals surface area (Å²) in [6, 6.07) is -0.804. The second-order valence-electron chi connectivity index (χ2n) is 2.63.